The molecule has 2 aliphatic carbocycles. The number of amides is 1. The molecule has 4 unspecified atom stereocenters. The van der Waals surface area contributed by atoms with Crippen molar-refractivity contribution < 1.29 is 9.53 Å². The van der Waals surface area contributed by atoms with Gasteiger partial charge in [0.15, 0.2) is 0 Å². The monoisotopic (exact) mass is 548 g/mol. The third kappa shape index (κ3) is 3.54. The van der Waals surface area contributed by atoms with Crippen LogP contribution in [0, 0.1) is 12.8 Å². The molecule has 39 heavy (non-hydrogen) atoms. The van der Waals surface area contributed by atoms with E-state index in [1.807, 2.05) is 6.92 Å². The number of methoxy groups -OCH3 is 1. The van der Waals surface area contributed by atoms with Crippen molar-refractivity contribution in [2.75, 3.05) is 49.6 Å². The number of anilines is 2. The van der Waals surface area contributed by atoms with Crippen molar-refractivity contribution in [2.45, 2.75) is 87.4 Å². The van der Waals surface area contributed by atoms with E-state index < -0.39 is 0 Å². The summed E-state index contributed by atoms with van der Waals surface area (Å²) >= 11 is 1.54. The molecule has 1 amide bonds. The summed E-state index contributed by atoms with van der Waals surface area (Å²) in [5, 5.41) is 1.08. The van der Waals surface area contributed by atoms with Crippen molar-refractivity contribution in [3.8, 4) is 0 Å². The molecule has 0 N–H and O–H groups in total. The minimum Gasteiger partial charge on any atom is -0.453 e. The second kappa shape index (κ2) is 8.80. The summed E-state index contributed by atoms with van der Waals surface area (Å²) in [6.45, 7) is 7.62. The molecule has 5 fully saturated rings. The van der Waals surface area contributed by atoms with Crippen molar-refractivity contribution in [3.63, 3.8) is 0 Å². The number of aromatic nitrogens is 2. The number of carbonyl (C=O) groups excluding carboxylic acids is 1. The number of nitrogens with zero attached hydrogens (tertiary/aromatic N) is 6. The van der Waals surface area contributed by atoms with Gasteiger partial charge in [0, 0.05) is 54.4 Å². The average Bonchev–Trinajstić information content (AvgIpc) is 3.43. The van der Waals surface area contributed by atoms with Gasteiger partial charge in [0.25, 0.3) is 0 Å². The molecule has 2 aromatic rings. The maximum absolute atomic E-state index is 12.4. The van der Waals surface area contributed by atoms with Gasteiger partial charge >= 0.3 is 6.09 Å². The van der Waals surface area contributed by atoms with E-state index in [2.05, 4.69) is 53.2 Å². The molecule has 8 nitrogen and oxygen atoms in total. The van der Waals surface area contributed by atoms with E-state index in [1.165, 1.54) is 82.4 Å². The third-order valence-electron chi connectivity index (χ3n) is 11.5. The normalized spacial score (nSPS) is 33.4. The Morgan fingerprint density at radius 3 is 2.59 bits per heavy atom. The van der Waals surface area contributed by atoms with E-state index in [9.17, 15) is 4.79 Å². The average molecular weight is 549 g/mol. The Balaban J connectivity index is 0.946. The van der Waals surface area contributed by atoms with E-state index in [0.29, 0.717) is 24.0 Å². The Kier molecular flexibility index (Phi) is 5.51. The SMILES string of the molecule is COC(=O)N1C2CCC3CC(N4CCC5(CC4)CN(C4CCN(c6nc(C)ns6)CC4)c4ccccc45)CC321. The number of fused-ring (bicyclic) bond motifs is 2. The number of piperidine rings is 3. The Hall–Kier alpha value is -2.39. The maximum atomic E-state index is 12.4. The Morgan fingerprint density at radius 1 is 1.05 bits per heavy atom. The minimum absolute atomic E-state index is 0.102. The number of ether oxygens (including phenoxy) is 1. The summed E-state index contributed by atoms with van der Waals surface area (Å²) in [7, 11) is 1.53. The van der Waals surface area contributed by atoms with Crippen LogP contribution in [0.4, 0.5) is 15.6 Å². The Bertz CT molecular complexity index is 1270. The molecule has 6 aliphatic rings. The minimum atomic E-state index is -0.102. The molecular formula is C30H40N6O2S. The summed E-state index contributed by atoms with van der Waals surface area (Å²) in [6, 6.07) is 10.9. The number of rotatable bonds is 3. The van der Waals surface area contributed by atoms with Gasteiger partial charge in [-0.2, -0.15) is 4.37 Å². The van der Waals surface area contributed by atoms with Crippen LogP contribution in [0.2, 0.25) is 0 Å². The molecule has 2 spiro atoms. The van der Waals surface area contributed by atoms with Gasteiger partial charge in [-0.1, -0.05) is 18.2 Å². The first kappa shape index (κ1) is 24.4. The molecule has 0 radical (unpaired) electrons. The smallest absolute Gasteiger partial charge is 0.410 e. The molecule has 3 saturated heterocycles. The summed E-state index contributed by atoms with van der Waals surface area (Å²) in [4.78, 5) is 27.1. The van der Waals surface area contributed by atoms with E-state index >= 15 is 0 Å². The molecule has 1 aromatic carbocycles. The Labute approximate surface area is 235 Å². The number of hydrogen-bond donors (Lipinski definition) is 0. The van der Waals surface area contributed by atoms with Gasteiger partial charge < -0.3 is 19.4 Å². The lowest BCUT2D eigenvalue weighted by atomic mass is 9.74. The van der Waals surface area contributed by atoms with Crippen molar-refractivity contribution in [1.29, 1.82) is 0 Å². The third-order valence-corrected chi connectivity index (χ3v) is 12.3. The first-order valence-electron chi connectivity index (χ1n) is 15.1. The van der Waals surface area contributed by atoms with Crippen LogP contribution in [0.3, 0.4) is 0 Å². The van der Waals surface area contributed by atoms with Gasteiger partial charge in [0.05, 0.1) is 18.7 Å². The van der Waals surface area contributed by atoms with Crippen LogP contribution in [0.25, 0.3) is 0 Å². The zero-order valence-electron chi connectivity index (χ0n) is 23.2. The van der Waals surface area contributed by atoms with E-state index in [-0.39, 0.29) is 17.0 Å². The van der Waals surface area contributed by atoms with Crippen molar-refractivity contribution in [2.24, 2.45) is 5.92 Å². The quantitative estimate of drug-likeness (QED) is 0.526. The van der Waals surface area contributed by atoms with Gasteiger partial charge in [0.2, 0.25) is 5.13 Å². The zero-order valence-corrected chi connectivity index (χ0v) is 24.0. The predicted molar refractivity (Wildman–Crippen MR) is 153 cm³/mol. The summed E-state index contributed by atoms with van der Waals surface area (Å²) in [5.41, 5.74) is 3.46. The van der Waals surface area contributed by atoms with Gasteiger partial charge in [0.1, 0.15) is 5.82 Å². The van der Waals surface area contributed by atoms with Gasteiger partial charge in [-0.25, -0.2) is 9.78 Å². The van der Waals surface area contributed by atoms with Gasteiger partial charge in [-0.05, 0) is 88.9 Å². The molecule has 208 valence electrons. The van der Waals surface area contributed by atoms with Crippen molar-refractivity contribution >= 4 is 28.4 Å². The van der Waals surface area contributed by atoms with Crippen LogP contribution in [0.1, 0.15) is 62.8 Å². The second-order valence-corrected chi connectivity index (χ2v) is 13.7. The highest BCUT2D eigenvalue weighted by atomic mass is 32.1. The zero-order chi connectivity index (χ0) is 26.4. The number of aryl methyl sites for hydroxylation is 1. The van der Waals surface area contributed by atoms with E-state index in [1.54, 1.807) is 5.56 Å². The topological polar surface area (TPSA) is 64.8 Å². The van der Waals surface area contributed by atoms with E-state index in [4.69, 9.17) is 4.74 Å². The van der Waals surface area contributed by atoms with Crippen LogP contribution in [0.15, 0.2) is 24.3 Å². The lowest BCUT2D eigenvalue weighted by molar-refractivity contribution is 0.116. The van der Waals surface area contributed by atoms with Crippen LogP contribution < -0.4 is 9.80 Å². The first-order chi connectivity index (χ1) is 19.0. The fourth-order valence-electron chi connectivity index (χ4n) is 9.58. The summed E-state index contributed by atoms with van der Waals surface area (Å²) in [6.07, 6.45) is 9.59. The highest BCUT2D eigenvalue weighted by Crippen LogP contribution is 2.65. The van der Waals surface area contributed by atoms with Crippen LogP contribution in [-0.2, 0) is 10.2 Å². The van der Waals surface area contributed by atoms with Crippen LogP contribution in [0.5, 0.6) is 0 Å². The molecule has 8 rings (SSSR count). The second-order valence-electron chi connectivity index (χ2n) is 13.0. The summed E-state index contributed by atoms with van der Waals surface area (Å²) in [5.74, 6) is 1.55. The standard InChI is InChI=1S/C30H40N6O2S/c1-20-31-27(39-32-20)34-13-9-22(10-14-34)35-19-29(24-5-3-4-6-25(24)35)11-15-33(16-12-29)23-17-21-7-8-26-30(21,18-23)36(26)28(37)38-2/h3-6,21-23,26H,7-19H2,1-2H3. The molecule has 4 atom stereocenters. The van der Waals surface area contributed by atoms with Crippen molar-refractivity contribution in [3.05, 3.63) is 35.7 Å². The van der Waals surface area contributed by atoms with Crippen LogP contribution >= 0.6 is 11.5 Å². The molecule has 9 heteroatoms. The number of para-hydroxylation sites is 1. The predicted octanol–water partition coefficient (Wildman–Crippen LogP) is 4.43. The molecule has 5 heterocycles. The largest absolute Gasteiger partial charge is 0.453 e. The highest BCUT2D eigenvalue weighted by molar-refractivity contribution is 7.09. The highest BCUT2D eigenvalue weighted by Gasteiger charge is 2.75. The molecular weight excluding hydrogens is 508 g/mol. The van der Waals surface area contributed by atoms with E-state index in [0.717, 1.165) is 37.0 Å². The molecule has 1 aromatic heterocycles. The summed E-state index contributed by atoms with van der Waals surface area (Å²) < 4.78 is 9.54. The van der Waals surface area contributed by atoms with Gasteiger partial charge in [-0.15, -0.1) is 0 Å². The number of carbonyl (C=O) groups is 1. The van der Waals surface area contributed by atoms with Crippen LogP contribution in [-0.4, -0.2) is 88.7 Å². The fourth-order valence-corrected chi connectivity index (χ4v) is 10.3. The maximum Gasteiger partial charge on any atom is 0.410 e. The lowest BCUT2D eigenvalue weighted by Gasteiger charge is -2.44. The van der Waals surface area contributed by atoms with Crippen molar-refractivity contribution in [1.82, 2.24) is 19.2 Å². The fraction of sp³-hybridized carbons (Fsp3) is 0.700. The number of hydrogen-bond acceptors (Lipinski definition) is 8. The molecule has 2 saturated carbocycles. The molecule has 4 aliphatic heterocycles. The lowest BCUT2D eigenvalue weighted by Crippen LogP contribution is -2.50. The molecule has 0 bridgehead atoms. The van der Waals surface area contributed by atoms with Gasteiger partial charge in [-0.3, -0.25) is 4.90 Å². The number of likely N-dealkylation sites (tertiary alicyclic amines) is 2. The number of benzene rings is 1. The Morgan fingerprint density at radius 2 is 1.85 bits per heavy atom. The first-order valence-corrected chi connectivity index (χ1v) is 15.8.